The highest BCUT2D eigenvalue weighted by Gasteiger charge is 2.13. The summed E-state index contributed by atoms with van der Waals surface area (Å²) in [4.78, 5) is 11.0. The average molecular weight is 221 g/mol. The van der Waals surface area contributed by atoms with Gasteiger partial charge in [0.25, 0.3) is 5.56 Å². The van der Waals surface area contributed by atoms with Crippen molar-refractivity contribution in [1.82, 2.24) is 10.2 Å². The Labute approximate surface area is 95.5 Å². The lowest BCUT2D eigenvalue weighted by Gasteiger charge is -2.09. The van der Waals surface area contributed by atoms with Gasteiger partial charge in [-0.2, -0.15) is 5.10 Å². The number of H-pyrrole nitrogens is 1. The van der Waals surface area contributed by atoms with Crippen LogP contribution in [0.5, 0.6) is 0 Å². The van der Waals surface area contributed by atoms with Crippen LogP contribution in [0.25, 0.3) is 0 Å². The van der Waals surface area contributed by atoms with Crippen molar-refractivity contribution in [3.05, 3.63) is 22.6 Å². The van der Waals surface area contributed by atoms with Crippen LogP contribution in [0.2, 0.25) is 0 Å². The fourth-order valence-electron chi connectivity index (χ4n) is 2.40. The Hall–Kier alpha value is -1.32. The van der Waals surface area contributed by atoms with E-state index in [4.69, 9.17) is 0 Å². The summed E-state index contributed by atoms with van der Waals surface area (Å²) < 4.78 is 0. The van der Waals surface area contributed by atoms with Gasteiger partial charge in [0.05, 0.1) is 11.9 Å². The lowest BCUT2D eigenvalue weighted by Crippen LogP contribution is -2.10. The third kappa shape index (κ3) is 3.36. The van der Waals surface area contributed by atoms with E-state index in [0.717, 1.165) is 18.2 Å². The Kier molecular flexibility index (Phi) is 3.97. The smallest absolute Gasteiger partial charge is 0.266 e. The Morgan fingerprint density at radius 2 is 2.25 bits per heavy atom. The molecule has 1 aliphatic rings. The Morgan fingerprint density at radius 1 is 1.44 bits per heavy atom. The lowest BCUT2D eigenvalue weighted by molar-refractivity contribution is 0.491. The molecule has 1 aromatic rings. The Balaban J connectivity index is 1.66. The first kappa shape index (κ1) is 11.2. The van der Waals surface area contributed by atoms with Crippen LogP contribution in [0.1, 0.15) is 38.5 Å². The van der Waals surface area contributed by atoms with Gasteiger partial charge in [-0.1, -0.05) is 25.7 Å². The van der Waals surface area contributed by atoms with E-state index in [1.54, 1.807) is 12.3 Å². The summed E-state index contributed by atoms with van der Waals surface area (Å²) in [5, 5.41) is 9.33. The van der Waals surface area contributed by atoms with Gasteiger partial charge in [0, 0.05) is 12.6 Å². The van der Waals surface area contributed by atoms with Crippen LogP contribution >= 0.6 is 0 Å². The zero-order valence-electron chi connectivity index (χ0n) is 9.54. The van der Waals surface area contributed by atoms with E-state index in [9.17, 15) is 4.79 Å². The highest BCUT2D eigenvalue weighted by atomic mass is 16.1. The predicted octanol–water partition coefficient (Wildman–Crippen LogP) is 2.15. The number of nitrogens with zero attached hydrogens (tertiary/aromatic N) is 1. The summed E-state index contributed by atoms with van der Waals surface area (Å²) in [6.07, 6.45) is 9.78. The molecule has 4 heteroatoms. The van der Waals surface area contributed by atoms with Gasteiger partial charge >= 0.3 is 0 Å². The second-order valence-electron chi connectivity index (χ2n) is 4.55. The van der Waals surface area contributed by atoms with E-state index < -0.39 is 0 Å². The van der Waals surface area contributed by atoms with Crippen molar-refractivity contribution in [3.8, 4) is 0 Å². The summed E-state index contributed by atoms with van der Waals surface area (Å²) in [7, 11) is 0. The standard InChI is InChI=1S/C12H19N3O/c16-12-8-11(9-14-15-12)13-7-3-6-10-4-1-2-5-10/h8-10H,1-7H2,(H2,13,15,16). The second kappa shape index (κ2) is 5.68. The van der Waals surface area contributed by atoms with Crippen molar-refractivity contribution in [3.63, 3.8) is 0 Å². The summed E-state index contributed by atoms with van der Waals surface area (Å²) in [6, 6.07) is 1.54. The number of hydrogen-bond acceptors (Lipinski definition) is 3. The zero-order chi connectivity index (χ0) is 11.2. The number of anilines is 1. The molecule has 0 aromatic carbocycles. The van der Waals surface area contributed by atoms with Gasteiger partial charge in [-0.25, -0.2) is 5.10 Å². The van der Waals surface area contributed by atoms with Crippen LogP contribution < -0.4 is 10.9 Å². The molecular weight excluding hydrogens is 202 g/mol. The third-order valence-corrected chi connectivity index (χ3v) is 3.26. The van der Waals surface area contributed by atoms with E-state index in [2.05, 4.69) is 15.5 Å². The van der Waals surface area contributed by atoms with Gasteiger partial charge in [0.2, 0.25) is 0 Å². The van der Waals surface area contributed by atoms with Crippen molar-refractivity contribution >= 4 is 5.69 Å². The van der Waals surface area contributed by atoms with Gasteiger partial charge in [-0.3, -0.25) is 4.79 Å². The highest BCUT2D eigenvalue weighted by molar-refractivity contribution is 5.38. The molecule has 1 saturated carbocycles. The monoisotopic (exact) mass is 221 g/mol. The summed E-state index contributed by atoms with van der Waals surface area (Å²) in [5.41, 5.74) is 0.663. The summed E-state index contributed by atoms with van der Waals surface area (Å²) in [5.74, 6) is 0.944. The van der Waals surface area contributed by atoms with Crippen LogP contribution in [0.15, 0.2) is 17.1 Å². The van der Waals surface area contributed by atoms with Crippen LogP contribution in [-0.4, -0.2) is 16.7 Å². The van der Waals surface area contributed by atoms with E-state index in [-0.39, 0.29) is 5.56 Å². The van der Waals surface area contributed by atoms with Gasteiger partial charge in [-0.15, -0.1) is 0 Å². The van der Waals surface area contributed by atoms with Crippen molar-refractivity contribution in [2.75, 3.05) is 11.9 Å². The molecule has 88 valence electrons. The van der Waals surface area contributed by atoms with Crippen LogP contribution in [0.3, 0.4) is 0 Å². The highest BCUT2D eigenvalue weighted by Crippen LogP contribution is 2.28. The first-order valence-electron chi connectivity index (χ1n) is 6.13. The summed E-state index contributed by atoms with van der Waals surface area (Å²) >= 11 is 0. The molecule has 16 heavy (non-hydrogen) atoms. The normalized spacial score (nSPS) is 16.5. The number of nitrogens with one attached hydrogen (secondary N) is 2. The maximum absolute atomic E-state index is 11.0. The van der Waals surface area contributed by atoms with Gasteiger partial charge < -0.3 is 5.32 Å². The second-order valence-corrected chi connectivity index (χ2v) is 4.55. The minimum absolute atomic E-state index is 0.152. The first-order valence-corrected chi connectivity index (χ1v) is 6.13. The van der Waals surface area contributed by atoms with E-state index in [0.29, 0.717) is 0 Å². The van der Waals surface area contributed by atoms with Crippen LogP contribution in [-0.2, 0) is 0 Å². The zero-order valence-corrected chi connectivity index (χ0v) is 9.54. The quantitative estimate of drug-likeness (QED) is 0.749. The van der Waals surface area contributed by atoms with Gasteiger partial charge in [-0.05, 0) is 18.8 Å². The molecule has 1 aromatic heterocycles. The van der Waals surface area contributed by atoms with E-state index in [1.165, 1.54) is 38.5 Å². The van der Waals surface area contributed by atoms with Crippen LogP contribution in [0.4, 0.5) is 5.69 Å². The Bertz CT molecular complexity index is 369. The summed E-state index contributed by atoms with van der Waals surface area (Å²) in [6.45, 7) is 0.932. The van der Waals surface area contributed by atoms with Crippen molar-refractivity contribution in [2.24, 2.45) is 5.92 Å². The van der Waals surface area contributed by atoms with Crippen molar-refractivity contribution < 1.29 is 0 Å². The SMILES string of the molecule is O=c1cc(NCCCC2CCCC2)cn[nH]1. The fourth-order valence-corrected chi connectivity index (χ4v) is 2.40. The number of hydrogen-bond donors (Lipinski definition) is 2. The number of aromatic nitrogens is 2. The minimum Gasteiger partial charge on any atom is -0.384 e. The Morgan fingerprint density at radius 3 is 3.00 bits per heavy atom. The van der Waals surface area contributed by atoms with E-state index >= 15 is 0 Å². The van der Waals surface area contributed by atoms with Gasteiger partial charge in [0.15, 0.2) is 0 Å². The predicted molar refractivity (Wildman–Crippen MR) is 64.5 cm³/mol. The number of rotatable bonds is 5. The lowest BCUT2D eigenvalue weighted by atomic mass is 10.0. The third-order valence-electron chi connectivity index (χ3n) is 3.26. The maximum atomic E-state index is 11.0. The number of aromatic amines is 1. The topological polar surface area (TPSA) is 57.8 Å². The molecule has 0 radical (unpaired) electrons. The molecule has 1 heterocycles. The largest absolute Gasteiger partial charge is 0.384 e. The van der Waals surface area contributed by atoms with Crippen molar-refractivity contribution in [2.45, 2.75) is 38.5 Å². The first-order chi connectivity index (χ1) is 7.84. The fraction of sp³-hybridized carbons (Fsp3) is 0.667. The molecule has 0 unspecified atom stereocenters. The molecule has 2 rings (SSSR count). The molecule has 0 bridgehead atoms. The molecule has 0 saturated heterocycles. The molecule has 1 fully saturated rings. The van der Waals surface area contributed by atoms with E-state index in [1.807, 2.05) is 0 Å². The molecule has 2 N–H and O–H groups in total. The van der Waals surface area contributed by atoms with Crippen LogP contribution in [0, 0.1) is 5.92 Å². The minimum atomic E-state index is -0.152. The average Bonchev–Trinajstić information content (AvgIpc) is 2.77. The maximum Gasteiger partial charge on any atom is 0.266 e. The molecule has 0 spiro atoms. The molecular formula is C12H19N3O. The molecule has 0 amide bonds. The molecule has 4 nitrogen and oxygen atoms in total. The molecule has 0 atom stereocenters. The van der Waals surface area contributed by atoms with Gasteiger partial charge in [0.1, 0.15) is 0 Å². The van der Waals surface area contributed by atoms with Crippen molar-refractivity contribution in [1.29, 1.82) is 0 Å². The molecule has 1 aliphatic carbocycles. The molecule has 0 aliphatic heterocycles.